The first-order chi connectivity index (χ1) is 7.75. The molecule has 1 aromatic heterocycles. The Bertz CT molecular complexity index is 460. The second-order valence-electron chi connectivity index (χ2n) is 3.50. The van der Waals surface area contributed by atoms with Crippen molar-refractivity contribution in [2.24, 2.45) is 0 Å². The summed E-state index contributed by atoms with van der Waals surface area (Å²) in [5, 5.41) is 0. The predicted molar refractivity (Wildman–Crippen MR) is 58.8 cm³/mol. The summed E-state index contributed by atoms with van der Waals surface area (Å²) in [5.74, 6) is -0.325. The van der Waals surface area contributed by atoms with Crippen molar-refractivity contribution in [3.63, 3.8) is 0 Å². The van der Waals surface area contributed by atoms with Crippen LogP contribution in [0.4, 0.5) is 0 Å². The van der Waals surface area contributed by atoms with Crippen molar-refractivity contribution in [2.75, 3.05) is 0 Å². The van der Waals surface area contributed by atoms with Gasteiger partial charge in [0.1, 0.15) is 0 Å². The highest BCUT2D eigenvalue weighted by molar-refractivity contribution is 5.89. The molecule has 0 bridgehead atoms. The zero-order valence-electron chi connectivity index (χ0n) is 8.96. The molecule has 0 N–H and O–H groups in total. The summed E-state index contributed by atoms with van der Waals surface area (Å²) in [4.78, 5) is 15.5. The van der Waals surface area contributed by atoms with Gasteiger partial charge in [0.25, 0.3) is 0 Å². The first-order valence-corrected chi connectivity index (χ1v) is 4.95. The van der Waals surface area contributed by atoms with Crippen molar-refractivity contribution in [3.05, 3.63) is 54.1 Å². The lowest BCUT2D eigenvalue weighted by Gasteiger charge is -2.05. The average Bonchev–Trinajstić information content (AvgIpc) is 2.80. The van der Waals surface area contributed by atoms with Crippen LogP contribution in [-0.4, -0.2) is 15.5 Å². The molecule has 0 fully saturated rings. The molecule has 1 heterocycles. The molecule has 0 aliphatic carbocycles. The van der Waals surface area contributed by atoms with E-state index in [0.717, 1.165) is 5.56 Å². The molecular formula is C12H12N2O2. The van der Waals surface area contributed by atoms with Gasteiger partial charge in [-0.05, 0) is 19.1 Å². The topological polar surface area (TPSA) is 44.1 Å². The molecule has 82 valence electrons. The van der Waals surface area contributed by atoms with Crippen LogP contribution in [0.5, 0.6) is 0 Å². The Kier molecular flexibility index (Phi) is 3.00. The van der Waals surface area contributed by atoms with Gasteiger partial charge in [-0.25, -0.2) is 9.78 Å². The van der Waals surface area contributed by atoms with Crippen LogP contribution in [-0.2, 0) is 11.5 Å². The molecule has 0 spiro atoms. The van der Waals surface area contributed by atoms with E-state index in [1.54, 1.807) is 35.4 Å². The minimum Gasteiger partial charge on any atom is -0.440 e. The number of rotatable bonds is 3. The van der Waals surface area contributed by atoms with Gasteiger partial charge >= 0.3 is 5.97 Å². The van der Waals surface area contributed by atoms with Gasteiger partial charge in [-0.15, -0.1) is 0 Å². The molecule has 0 atom stereocenters. The second-order valence-corrected chi connectivity index (χ2v) is 3.50. The summed E-state index contributed by atoms with van der Waals surface area (Å²) in [7, 11) is 0. The van der Waals surface area contributed by atoms with Crippen molar-refractivity contribution < 1.29 is 9.53 Å². The van der Waals surface area contributed by atoms with Crippen LogP contribution in [0.1, 0.15) is 15.9 Å². The van der Waals surface area contributed by atoms with Crippen LogP contribution in [0.3, 0.4) is 0 Å². The minimum absolute atomic E-state index is 0.187. The summed E-state index contributed by atoms with van der Waals surface area (Å²) in [5.41, 5.74) is 1.68. The molecule has 0 aliphatic heterocycles. The monoisotopic (exact) mass is 216 g/mol. The minimum atomic E-state index is -0.325. The van der Waals surface area contributed by atoms with E-state index in [1.165, 1.54) is 0 Å². The van der Waals surface area contributed by atoms with Gasteiger partial charge in [-0.3, -0.25) is 0 Å². The molecule has 4 nitrogen and oxygen atoms in total. The molecule has 0 saturated heterocycles. The van der Waals surface area contributed by atoms with Crippen LogP contribution in [0.25, 0.3) is 0 Å². The second kappa shape index (κ2) is 4.61. The third-order valence-electron chi connectivity index (χ3n) is 2.19. The van der Waals surface area contributed by atoms with E-state index < -0.39 is 0 Å². The third-order valence-corrected chi connectivity index (χ3v) is 2.19. The molecule has 1 aromatic carbocycles. The number of benzene rings is 1. The highest BCUT2D eigenvalue weighted by atomic mass is 16.5. The number of imidazole rings is 1. The van der Waals surface area contributed by atoms with Crippen LogP contribution in [0.2, 0.25) is 0 Å². The Morgan fingerprint density at radius 1 is 1.38 bits per heavy atom. The average molecular weight is 216 g/mol. The van der Waals surface area contributed by atoms with Crippen molar-refractivity contribution in [2.45, 2.75) is 13.7 Å². The molecule has 0 radical (unpaired) electrons. The third kappa shape index (κ3) is 2.48. The van der Waals surface area contributed by atoms with Crippen LogP contribution in [0, 0.1) is 6.92 Å². The molecule has 4 heteroatoms. The molecule has 0 unspecified atom stereocenters. The Labute approximate surface area is 93.5 Å². The molecule has 2 aromatic rings. The fourth-order valence-corrected chi connectivity index (χ4v) is 1.27. The van der Waals surface area contributed by atoms with E-state index in [9.17, 15) is 4.79 Å². The first kappa shape index (κ1) is 10.4. The van der Waals surface area contributed by atoms with Gasteiger partial charge in [0.15, 0.2) is 6.73 Å². The van der Waals surface area contributed by atoms with Crippen LogP contribution < -0.4 is 0 Å². The van der Waals surface area contributed by atoms with E-state index in [0.29, 0.717) is 5.56 Å². The molecule has 0 amide bonds. The number of carbonyl (C=O) groups is 1. The highest BCUT2D eigenvalue weighted by Crippen LogP contribution is 2.05. The SMILES string of the molecule is Cc1ccc(C(=O)OCn2ccnc2)cc1. The van der Waals surface area contributed by atoms with Crippen LogP contribution in [0.15, 0.2) is 43.0 Å². The summed E-state index contributed by atoms with van der Waals surface area (Å²) >= 11 is 0. The first-order valence-electron chi connectivity index (χ1n) is 4.95. The lowest BCUT2D eigenvalue weighted by atomic mass is 10.2. The van der Waals surface area contributed by atoms with E-state index in [2.05, 4.69) is 4.98 Å². The lowest BCUT2D eigenvalue weighted by Crippen LogP contribution is -2.08. The molecule has 2 rings (SSSR count). The molecule has 0 saturated carbocycles. The Hall–Kier alpha value is -2.10. The summed E-state index contributed by atoms with van der Waals surface area (Å²) in [6.07, 6.45) is 4.98. The number of aryl methyl sites for hydroxylation is 1. The van der Waals surface area contributed by atoms with E-state index >= 15 is 0 Å². The van der Waals surface area contributed by atoms with E-state index in [4.69, 9.17) is 4.74 Å². The standard InChI is InChI=1S/C12H12N2O2/c1-10-2-4-11(5-3-10)12(15)16-9-14-7-6-13-8-14/h2-8H,9H2,1H3. The lowest BCUT2D eigenvalue weighted by molar-refractivity contribution is 0.0372. The zero-order valence-corrected chi connectivity index (χ0v) is 8.96. The molecular weight excluding hydrogens is 204 g/mol. The summed E-state index contributed by atoms with van der Waals surface area (Å²) in [6, 6.07) is 7.28. The smallest absolute Gasteiger partial charge is 0.339 e. The number of ether oxygens (including phenoxy) is 1. The summed E-state index contributed by atoms with van der Waals surface area (Å²) < 4.78 is 6.78. The van der Waals surface area contributed by atoms with Crippen LogP contribution >= 0.6 is 0 Å². The number of carbonyl (C=O) groups excluding carboxylic acids is 1. The van der Waals surface area contributed by atoms with Gasteiger partial charge < -0.3 is 9.30 Å². The zero-order chi connectivity index (χ0) is 11.4. The van der Waals surface area contributed by atoms with Gasteiger partial charge in [-0.2, -0.15) is 0 Å². The number of nitrogens with zero attached hydrogens (tertiary/aromatic N) is 2. The number of hydrogen-bond donors (Lipinski definition) is 0. The Morgan fingerprint density at radius 2 is 2.12 bits per heavy atom. The quantitative estimate of drug-likeness (QED) is 0.737. The van der Waals surface area contributed by atoms with Gasteiger partial charge in [-0.1, -0.05) is 17.7 Å². The highest BCUT2D eigenvalue weighted by Gasteiger charge is 2.05. The van der Waals surface area contributed by atoms with Gasteiger partial charge in [0.05, 0.1) is 11.9 Å². The van der Waals surface area contributed by atoms with Crippen molar-refractivity contribution in [1.29, 1.82) is 0 Å². The maximum absolute atomic E-state index is 11.6. The molecule has 0 aliphatic rings. The van der Waals surface area contributed by atoms with Crippen molar-refractivity contribution >= 4 is 5.97 Å². The maximum Gasteiger partial charge on any atom is 0.339 e. The van der Waals surface area contributed by atoms with Crippen molar-refractivity contribution in [3.8, 4) is 0 Å². The van der Waals surface area contributed by atoms with E-state index in [-0.39, 0.29) is 12.7 Å². The fourth-order valence-electron chi connectivity index (χ4n) is 1.27. The normalized spacial score (nSPS) is 10.1. The largest absolute Gasteiger partial charge is 0.440 e. The Balaban J connectivity index is 1.95. The number of hydrogen-bond acceptors (Lipinski definition) is 3. The predicted octanol–water partition coefficient (Wildman–Crippen LogP) is 2.01. The number of esters is 1. The van der Waals surface area contributed by atoms with Gasteiger partial charge in [0.2, 0.25) is 0 Å². The maximum atomic E-state index is 11.6. The molecule has 16 heavy (non-hydrogen) atoms. The van der Waals surface area contributed by atoms with Crippen molar-refractivity contribution in [1.82, 2.24) is 9.55 Å². The van der Waals surface area contributed by atoms with E-state index in [1.807, 2.05) is 19.1 Å². The number of aromatic nitrogens is 2. The van der Waals surface area contributed by atoms with Gasteiger partial charge in [0, 0.05) is 12.4 Å². The fraction of sp³-hybridized carbons (Fsp3) is 0.167. The summed E-state index contributed by atoms with van der Waals surface area (Å²) in [6.45, 7) is 2.16. The Morgan fingerprint density at radius 3 is 2.75 bits per heavy atom.